The molecule has 1 aromatic carbocycles. The fourth-order valence-corrected chi connectivity index (χ4v) is 4.50. The number of aryl methyl sites for hydroxylation is 1. The maximum absolute atomic E-state index is 13.5. The molecule has 4 rings (SSSR count). The number of carbonyl (C=O) groups is 1. The molecule has 27 heavy (non-hydrogen) atoms. The number of aromatic nitrogens is 2. The minimum absolute atomic E-state index is 0.275. The lowest BCUT2D eigenvalue weighted by atomic mass is 9.77. The second-order valence-corrected chi connectivity index (χ2v) is 8.04. The summed E-state index contributed by atoms with van der Waals surface area (Å²) in [6.07, 6.45) is 4.06. The van der Waals surface area contributed by atoms with E-state index in [9.17, 15) is 4.79 Å². The monoisotopic (exact) mass is 384 g/mol. The number of rotatable bonds is 3. The second-order valence-electron chi connectivity index (χ2n) is 7.61. The lowest BCUT2D eigenvalue weighted by Crippen LogP contribution is -2.54. The number of carbonyl (C=O) groups excluding carboxylic acids is 1. The summed E-state index contributed by atoms with van der Waals surface area (Å²) in [5.74, 6) is 1.16. The minimum Gasteiger partial charge on any atom is -0.352 e. The molecule has 0 N–H and O–H groups in total. The second kappa shape index (κ2) is 7.47. The molecule has 1 aliphatic heterocycles. The van der Waals surface area contributed by atoms with E-state index in [-0.39, 0.29) is 11.3 Å². The van der Waals surface area contributed by atoms with Crippen LogP contribution in [0.1, 0.15) is 36.9 Å². The van der Waals surface area contributed by atoms with Gasteiger partial charge in [-0.3, -0.25) is 4.79 Å². The zero-order valence-corrected chi connectivity index (χ0v) is 16.5. The Morgan fingerprint density at radius 1 is 0.963 bits per heavy atom. The van der Waals surface area contributed by atoms with Crippen LogP contribution in [0.25, 0.3) is 0 Å². The van der Waals surface area contributed by atoms with Crippen molar-refractivity contribution in [2.24, 2.45) is 0 Å². The molecule has 0 spiro atoms. The van der Waals surface area contributed by atoms with Crippen LogP contribution in [-0.4, -0.2) is 47.2 Å². The number of anilines is 1. The number of nitrogens with zero attached hydrogens (tertiary/aromatic N) is 4. The summed E-state index contributed by atoms with van der Waals surface area (Å²) in [7, 11) is 0. The van der Waals surface area contributed by atoms with Gasteiger partial charge >= 0.3 is 0 Å². The van der Waals surface area contributed by atoms with Crippen LogP contribution < -0.4 is 4.90 Å². The number of hydrogen-bond donors (Lipinski definition) is 0. The highest BCUT2D eigenvalue weighted by Gasteiger charge is 2.45. The molecule has 2 heterocycles. The van der Waals surface area contributed by atoms with Crippen molar-refractivity contribution < 1.29 is 4.79 Å². The number of halogens is 1. The first-order valence-electron chi connectivity index (χ1n) is 9.69. The SMILES string of the molecule is Cc1ccc(N2CCN(C(=O)C3(c4ccc(Cl)cc4)CCCC3)CC2)nn1. The van der Waals surface area contributed by atoms with E-state index < -0.39 is 0 Å². The van der Waals surface area contributed by atoms with Crippen LogP contribution in [0.2, 0.25) is 5.02 Å². The predicted octanol–water partition coefficient (Wildman–Crippen LogP) is 3.60. The topological polar surface area (TPSA) is 49.3 Å². The molecule has 2 fully saturated rings. The van der Waals surface area contributed by atoms with E-state index in [0.29, 0.717) is 5.02 Å². The van der Waals surface area contributed by atoms with Gasteiger partial charge in [-0.25, -0.2) is 0 Å². The Balaban J connectivity index is 1.49. The van der Waals surface area contributed by atoms with Gasteiger partial charge in [-0.15, -0.1) is 5.10 Å². The van der Waals surface area contributed by atoms with E-state index in [0.717, 1.165) is 68.9 Å². The van der Waals surface area contributed by atoms with Crippen molar-refractivity contribution in [1.29, 1.82) is 0 Å². The largest absolute Gasteiger partial charge is 0.352 e. The van der Waals surface area contributed by atoms with Gasteiger partial charge in [0.2, 0.25) is 5.91 Å². The van der Waals surface area contributed by atoms with Crippen LogP contribution in [-0.2, 0) is 10.2 Å². The summed E-state index contributed by atoms with van der Waals surface area (Å²) >= 11 is 6.06. The first-order valence-corrected chi connectivity index (χ1v) is 10.1. The van der Waals surface area contributed by atoms with E-state index in [4.69, 9.17) is 11.6 Å². The zero-order valence-electron chi connectivity index (χ0n) is 15.7. The fraction of sp³-hybridized carbons (Fsp3) is 0.476. The number of benzene rings is 1. The Kier molecular flexibility index (Phi) is 5.04. The normalized spacial score (nSPS) is 19.3. The third-order valence-corrected chi connectivity index (χ3v) is 6.19. The van der Waals surface area contributed by atoms with Crippen LogP contribution in [0.5, 0.6) is 0 Å². The van der Waals surface area contributed by atoms with E-state index >= 15 is 0 Å². The van der Waals surface area contributed by atoms with Crippen molar-refractivity contribution >= 4 is 23.3 Å². The molecule has 0 unspecified atom stereocenters. The molecule has 1 saturated heterocycles. The highest BCUT2D eigenvalue weighted by molar-refractivity contribution is 6.30. The minimum atomic E-state index is -0.379. The van der Waals surface area contributed by atoms with Crippen molar-refractivity contribution in [2.75, 3.05) is 31.1 Å². The van der Waals surface area contributed by atoms with Gasteiger partial charge < -0.3 is 9.80 Å². The maximum Gasteiger partial charge on any atom is 0.233 e. The highest BCUT2D eigenvalue weighted by atomic mass is 35.5. The smallest absolute Gasteiger partial charge is 0.233 e. The Hall–Kier alpha value is -2.14. The summed E-state index contributed by atoms with van der Waals surface area (Å²) < 4.78 is 0. The average Bonchev–Trinajstić information content (AvgIpc) is 3.20. The average molecular weight is 385 g/mol. The molecule has 1 aliphatic carbocycles. The zero-order chi connectivity index (χ0) is 18.9. The molecular formula is C21H25ClN4O. The molecule has 6 heteroatoms. The Bertz CT molecular complexity index is 792. The molecule has 1 amide bonds. The summed E-state index contributed by atoms with van der Waals surface area (Å²) in [5, 5.41) is 9.14. The predicted molar refractivity (Wildman–Crippen MR) is 107 cm³/mol. The molecule has 0 bridgehead atoms. The van der Waals surface area contributed by atoms with E-state index in [1.165, 1.54) is 0 Å². The van der Waals surface area contributed by atoms with Gasteiger partial charge in [-0.2, -0.15) is 5.10 Å². The quantitative estimate of drug-likeness (QED) is 0.811. The van der Waals surface area contributed by atoms with E-state index in [1.54, 1.807) is 0 Å². The van der Waals surface area contributed by atoms with Gasteiger partial charge in [0, 0.05) is 31.2 Å². The third-order valence-electron chi connectivity index (χ3n) is 5.94. The van der Waals surface area contributed by atoms with E-state index in [2.05, 4.69) is 15.1 Å². The Morgan fingerprint density at radius 3 is 2.22 bits per heavy atom. The number of hydrogen-bond acceptors (Lipinski definition) is 4. The van der Waals surface area contributed by atoms with Gasteiger partial charge in [-0.05, 0) is 49.6 Å². The molecule has 1 aromatic heterocycles. The lowest BCUT2D eigenvalue weighted by molar-refractivity contribution is -0.137. The van der Waals surface area contributed by atoms with E-state index in [1.807, 2.05) is 48.2 Å². The summed E-state index contributed by atoms with van der Waals surface area (Å²) in [4.78, 5) is 17.8. The number of piperazine rings is 1. The number of amides is 1. The van der Waals surface area contributed by atoms with Gasteiger partial charge in [0.25, 0.3) is 0 Å². The summed E-state index contributed by atoms with van der Waals surface area (Å²) in [5.41, 5.74) is 1.65. The first-order chi connectivity index (χ1) is 13.1. The summed E-state index contributed by atoms with van der Waals surface area (Å²) in [6, 6.07) is 11.9. The standard InChI is InChI=1S/C21H25ClN4O/c1-16-4-9-19(24-23-16)25-12-14-26(15-13-25)20(27)21(10-2-3-11-21)17-5-7-18(22)8-6-17/h4-9H,2-3,10-15H2,1H3. The molecular weight excluding hydrogens is 360 g/mol. The van der Waals surface area contributed by atoms with Gasteiger partial charge in [0.15, 0.2) is 5.82 Å². The van der Waals surface area contributed by atoms with Gasteiger partial charge in [-0.1, -0.05) is 36.6 Å². The molecule has 2 aromatic rings. The molecule has 5 nitrogen and oxygen atoms in total. The van der Waals surface area contributed by atoms with Gasteiger partial charge in [0.05, 0.1) is 11.1 Å². The van der Waals surface area contributed by atoms with Crippen LogP contribution >= 0.6 is 11.6 Å². The van der Waals surface area contributed by atoms with Crippen molar-refractivity contribution in [3.8, 4) is 0 Å². The van der Waals surface area contributed by atoms with Crippen LogP contribution in [0.3, 0.4) is 0 Å². The summed E-state index contributed by atoms with van der Waals surface area (Å²) in [6.45, 7) is 4.97. The van der Waals surface area contributed by atoms with Crippen molar-refractivity contribution in [3.63, 3.8) is 0 Å². The van der Waals surface area contributed by atoms with Crippen LogP contribution in [0.4, 0.5) is 5.82 Å². The third kappa shape index (κ3) is 3.53. The molecule has 2 aliphatic rings. The molecule has 1 saturated carbocycles. The maximum atomic E-state index is 13.5. The van der Waals surface area contributed by atoms with Crippen LogP contribution in [0.15, 0.2) is 36.4 Å². The van der Waals surface area contributed by atoms with Crippen molar-refractivity contribution in [3.05, 3.63) is 52.7 Å². The lowest BCUT2D eigenvalue weighted by Gasteiger charge is -2.40. The van der Waals surface area contributed by atoms with Crippen LogP contribution in [0, 0.1) is 6.92 Å². The highest BCUT2D eigenvalue weighted by Crippen LogP contribution is 2.43. The van der Waals surface area contributed by atoms with Crippen molar-refractivity contribution in [1.82, 2.24) is 15.1 Å². The van der Waals surface area contributed by atoms with Gasteiger partial charge in [0.1, 0.15) is 0 Å². The Morgan fingerprint density at radius 2 is 1.63 bits per heavy atom. The Labute approximate surface area is 165 Å². The van der Waals surface area contributed by atoms with Crippen molar-refractivity contribution in [2.45, 2.75) is 38.0 Å². The first kappa shape index (κ1) is 18.2. The molecule has 142 valence electrons. The fourth-order valence-electron chi connectivity index (χ4n) is 4.38. The molecule has 0 radical (unpaired) electrons. The molecule has 0 atom stereocenters.